The van der Waals surface area contributed by atoms with Gasteiger partial charge in [-0.2, -0.15) is 0 Å². The van der Waals surface area contributed by atoms with E-state index in [4.69, 9.17) is 0 Å². The van der Waals surface area contributed by atoms with Crippen LogP contribution in [-0.4, -0.2) is 41.7 Å². The third-order valence-electron chi connectivity index (χ3n) is 2.85. The molecule has 2 aliphatic heterocycles. The SMILES string of the molecule is CC(C)C=CNNC(=O)CN1C(=O)N[C@@H]2NC(=O)N[C@@H]21. The van der Waals surface area contributed by atoms with E-state index in [0.717, 1.165) is 0 Å². The van der Waals surface area contributed by atoms with Gasteiger partial charge in [-0.05, 0) is 5.92 Å². The van der Waals surface area contributed by atoms with E-state index in [1.807, 2.05) is 19.9 Å². The maximum absolute atomic E-state index is 11.7. The Morgan fingerprint density at radius 3 is 2.80 bits per heavy atom. The van der Waals surface area contributed by atoms with Crippen LogP contribution in [0.4, 0.5) is 9.59 Å². The number of carbonyl (C=O) groups excluding carboxylic acids is 3. The van der Waals surface area contributed by atoms with E-state index >= 15 is 0 Å². The summed E-state index contributed by atoms with van der Waals surface area (Å²) in [6.45, 7) is 3.85. The molecule has 2 rings (SSSR count). The highest BCUT2D eigenvalue weighted by molar-refractivity contribution is 5.88. The third kappa shape index (κ3) is 3.11. The van der Waals surface area contributed by atoms with Crippen LogP contribution in [0, 0.1) is 5.92 Å². The molecular weight excluding hydrogens is 264 g/mol. The molecule has 2 fully saturated rings. The average molecular weight is 282 g/mol. The zero-order valence-electron chi connectivity index (χ0n) is 11.3. The molecule has 0 aromatic heterocycles. The quantitative estimate of drug-likeness (QED) is 0.406. The van der Waals surface area contributed by atoms with Crippen LogP contribution in [0.3, 0.4) is 0 Å². The van der Waals surface area contributed by atoms with Crippen LogP contribution in [0.2, 0.25) is 0 Å². The number of hydrogen-bond acceptors (Lipinski definition) is 4. The summed E-state index contributed by atoms with van der Waals surface area (Å²) in [5, 5.41) is 7.66. The number of hydrogen-bond donors (Lipinski definition) is 5. The Kier molecular flexibility index (Phi) is 3.97. The number of urea groups is 2. The van der Waals surface area contributed by atoms with Gasteiger partial charge in [0, 0.05) is 6.20 Å². The van der Waals surface area contributed by atoms with Gasteiger partial charge < -0.3 is 21.4 Å². The van der Waals surface area contributed by atoms with Crippen molar-refractivity contribution in [2.45, 2.75) is 26.2 Å². The first-order valence-electron chi connectivity index (χ1n) is 6.32. The predicted octanol–water partition coefficient (Wildman–Crippen LogP) is -1.23. The van der Waals surface area contributed by atoms with Crippen molar-refractivity contribution in [1.82, 2.24) is 31.7 Å². The van der Waals surface area contributed by atoms with Crippen molar-refractivity contribution < 1.29 is 14.4 Å². The number of hydrazine groups is 1. The maximum Gasteiger partial charge on any atom is 0.321 e. The van der Waals surface area contributed by atoms with Crippen LogP contribution in [0.15, 0.2) is 12.3 Å². The van der Waals surface area contributed by atoms with E-state index in [2.05, 4.69) is 26.8 Å². The average Bonchev–Trinajstić information content (AvgIpc) is 2.83. The molecule has 9 heteroatoms. The zero-order chi connectivity index (χ0) is 14.7. The zero-order valence-corrected chi connectivity index (χ0v) is 11.3. The number of fused-ring (bicyclic) bond motifs is 1. The van der Waals surface area contributed by atoms with Crippen molar-refractivity contribution in [3.05, 3.63) is 12.3 Å². The van der Waals surface area contributed by atoms with E-state index < -0.39 is 18.4 Å². The lowest BCUT2D eigenvalue weighted by Gasteiger charge is -2.20. The second kappa shape index (κ2) is 5.68. The first-order chi connectivity index (χ1) is 9.47. The molecule has 0 aromatic rings. The van der Waals surface area contributed by atoms with Gasteiger partial charge >= 0.3 is 12.1 Å². The summed E-state index contributed by atoms with van der Waals surface area (Å²) in [6, 6.07) is -0.774. The molecule has 2 atom stereocenters. The number of allylic oxidation sites excluding steroid dienone is 1. The highest BCUT2D eigenvalue weighted by Gasteiger charge is 2.45. The summed E-state index contributed by atoms with van der Waals surface area (Å²) in [7, 11) is 0. The smallest absolute Gasteiger partial charge is 0.314 e. The monoisotopic (exact) mass is 282 g/mol. The lowest BCUT2D eigenvalue weighted by atomic mass is 10.2. The van der Waals surface area contributed by atoms with E-state index in [1.54, 1.807) is 6.20 Å². The van der Waals surface area contributed by atoms with Crippen LogP contribution in [-0.2, 0) is 4.79 Å². The Hall–Kier alpha value is -2.45. The van der Waals surface area contributed by atoms with Gasteiger partial charge in [-0.15, -0.1) is 0 Å². The first kappa shape index (κ1) is 14.0. The summed E-state index contributed by atoms with van der Waals surface area (Å²) in [5.74, 6) is -0.0142. The Morgan fingerprint density at radius 2 is 2.10 bits per heavy atom. The summed E-state index contributed by atoms with van der Waals surface area (Å²) in [5.41, 5.74) is 5.08. The summed E-state index contributed by atoms with van der Waals surface area (Å²) in [4.78, 5) is 35.8. The third-order valence-corrected chi connectivity index (χ3v) is 2.85. The molecule has 0 radical (unpaired) electrons. The standard InChI is InChI=1S/C11H18N6O3/c1-6(2)3-4-12-16-7(18)5-17-9-8(14-11(17)20)13-10(19)15-9/h3-4,6,8-9,12H,5H2,1-2H3,(H,14,20)(H,16,18)(H2,13,15,19)/t8-,9+/m0/s1. The van der Waals surface area contributed by atoms with Crippen molar-refractivity contribution in [2.75, 3.05) is 6.54 Å². The lowest BCUT2D eigenvalue weighted by Crippen LogP contribution is -2.49. The molecule has 0 bridgehead atoms. The Balaban J connectivity index is 1.81. The number of nitrogens with zero attached hydrogens (tertiary/aromatic N) is 1. The largest absolute Gasteiger partial charge is 0.321 e. The van der Waals surface area contributed by atoms with Gasteiger partial charge in [-0.25, -0.2) is 9.59 Å². The van der Waals surface area contributed by atoms with Crippen LogP contribution in [0.25, 0.3) is 0 Å². The van der Waals surface area contributed by atoms with Crippen molar-refractivity contribution >= 4 is 18.0 Å². The molecule has 9 nitrogen and oxygen atoms in total. The molecule has 2 aliphatic rings. The molecule has 0 aliphatic carbocycles. The number of nitrogens with one attached hydrogen (secondary N) is 5. The van der Waals surface area contributed by atoms with Gasteiger partial charge in [-0.1, -0.05) is 19.9 Å². The summed E-state index contributed by atoms with van der Waals surface area (Å²) >= 11 is 0. The van der Waals surface area contributed by atoms with Crippen molar-refractivity contribution in [1.29, 1.82) is 0 Å². The highest BCUT2D eigenvalue weighted by Crippen LogP contribution is 2.12. The number of rotatable bonds is 5. The normalized spacial score (nSPS) is 24.4. The predicted molar refractivity (Wildman–Crippen MR) is 69.7 cm³/mol. The van der Waals surface area contributed by atoms with Crippen LogP contribution in [0.1, 0.15) is 13.8 Å². The fraction of sp³-hybridized carbons (Fsp3) is 0.545. The van der Waals surface area contributed by atoms with Crippen molar-refractivity contribution in [3.63, 3.8) is 0 Å². The minimum Gasteiger partial charge on any atom is -0.314 e. The summed E-state index contributed by atoms with van der Waals surface area (Å²) < 4.78 is 0. The Bertz CT molecular complexity index is 449. The molecule has 2 heterocycles. The minimum absolute atomic E-state index is 0.155. The van der Waals surface area contributed by atoms with Crippen LogP contribution >= 0.6 is 0 Å². The first-order valence-corrected chi connectivity index (χ1v) is 6.32. The lowest BCUT2D eigenvalue weighted by molar-refractivity contribution is -0.122. The molecule has 0 aromatic carbocycles. The van der Waals surface area contributed by atoms with Gasteiger partial charge in [0.15, 0.2) is 0 Å². The molecule has 0 unspecified atom stereocenters. The second-order valence-corrected chi connectivity index (χ2v) is 4.91. The summed E-state index contributed by atoms with van der Waals surface area (Å²) in [6.07, 6.45) is 2.44. The molecule has 20 heavy (non-hydrogen) atoms. The molecule has 2 saturated heterocycles. The van der Waals surface area contributed by atoms with Gasteiger partial charge in [0.05, 0.1) is 0 Å². The number of amides is 5. The molecule has 110 valence electrons. The fourth-order valence-electron chi connectivity index (χ4n) is 1.92. The van der Waals surface area contributed by atoms with Gasteiger partial charge in [0.1, 0.15) is 18.9 Å². The Labute approximate surface area is 116 Å². The van der Waals surface area contributed by atoms with Gasteiger partial charge in [0.25, 0.3) is 5.91 Å². The second-order valence-electron chi connectivity index (χ2n) is 4.91. The van der Waals surface area contributed by atoms with E-state index in [-0.39, 0.29) is 18.5 Å². The fourth-order valence-corrected chi connectivity index (χ4v) is 1.92. The van der Waals surface area contributed by atoms with Gasteiger partial charge in [-0.3, -0.25) is 15.1 Å². The molecule has 5 amide bonds. The minimum atomic E-state index is -0.549. The van der Waals surface area contributed by atoms with Gasteiger partial charge in [0.2, 0.25) is 0 Å². The van der Waals surface area contributed by atoms with Crippen molar-refractivity contribution in [2.24, 2.45) is 5.92 Å². The maximum atomic E-state index is 11.7. The molecule has 0 saturated carbocycles. The van der Waals surface area contributed by atoms with E-state index in [0.29, 0.717) is 5.92 Å². The van der Waals surface area contributed by atoms with E-state index in [1.165, 1.54) is 4.90 Å². The molecule has 5 N–H and O–H groups in total. The topological polar surface area (TPSA) is 115 Å². The van der Waals surface area contributed by atoms with E-state index in [9.17, 15) is 14.4 Å². The Morgan fingerprint density at radius 1 is 1.35 bits per heavy atom. The molecular formula is C11H18N6O3. The molecule has 0 spiro atoms. The van der Waals surface area contributed by atoms with Crippen molar-refractivity contribution in [3.8, 4) is 0 Å². The van der Waals surface area contributed by atoms with Crippen LogP contribution in [0.5, 0.6) is 0 Å². The van der Waals surface area contributed by atoms with Crippen LogP contribution < -0.4 is 26.8 Å². The highest BCUT2D eigenvalue weighted by atomic mass is 16.2. The number of carbonyl (C=O) groups is 3.